The molecule has 1 saturated carbocycles. The van der Waals surface area contributed by atoms with Gasteiger partial charge in [-0.05, 0) is 44.7 Å². The molecule has 88 valence electrons. The Balaban J connectivity index is 1.94. The Morgan fingerprint density at radius 1 is 1.31 bits per heavy atom. The van der Waals surface area contributed by atoms with Crippen molar-refractivity contribution in [3.05, 3.63) is 35.4 Å². The first-order valence-electron chi connectivity index (χ1n) is 6.50. The van der Waals surface area contributed by atoms with E-state index >= 15 is 0 Å². The van der Waals surface area contributed by atoms with Crippen LogP contribution in [-0.2, 0) is 6.42 Å². The lowest BCUT2D eigenvalue weighted by atomic mass is 9.82. The zero-order chi connectivity index (χ0) is 11.4. The molecule has 1 N–H and O–H groups in total. The van der Waals surface area contributed by atoms with Gasteiger partial charge in [-0.2, -0.15) is 0 Å². The van der Waals surface area contributed by atoms with Crippen LogP contribution in [0.1, 0.15) is 36.8 Å². The number of benzene rings is 1. The van der Waals surface area contributed by atoms with Crippen molar-refractivity contribution in [2.24, 2.45) is 5.92 Å². The fourth-order valence-electron chi connectivity index (χ4n) is 2.91. The zero-order valence-corrected chi connectivity index (χ0v) is 10.5. The molecule has 1 aliphatic carbocycles. The average molecular weight is 217 g/mol. The Kier molecular flexibility index (Phi) is 4.00. The van der Waals surface area contributed by atoms with Crippen molar-refractivity contribution in [3.8, 4) is 0 Å². The summed E-state index contributed by atoms with van der Waals surface area (Å²) in [6.45, 7) is 2.18. The summed E-state index contributed by atoms with van der Waals surface area (Å²) in [6, 6.07) is 9.73. The Bertz CT molecular complexity index is 332. The van der Waals surface area contributed by atoms with E-state index in [2.05, 4.69) is 43.6 Å². The summed E-state index contributed by atoms with van der Waals surface area (Å²) >= 11 is 0. The van der Waals surface area contributed by atoms with Gasteiger partial charge in [0.2, 0.25) is 0 Å². The first kappa shape index (κ1) is 11.7. The van der Waals surface area contributed by atoms with Gasteiger partial charge in [-0.3, -0.25) is 0 Å². The van der Waals surface area contributed by atoms with E-state index in [4.69, 9.17) is 0 Å². The van der Waals surface area contributed by atoms with E-state index < -0.39 is 0 Å². The molecular weight excluding hydrogens is 194 g/mol. The quantitative estimate of drug-likeness (QED) is 0.819. The molecular formula is C15H23N. The Hall–Kier alpha value is -0.820. The lowest BCUT2D eigenvalue weighted by Gasteiger charge is -2.29. The molecule has 2 rings (SSSR count). The fourth-order valence-corrected chi connectivity index (χ4v) is 2.91. The molecule has 1 aromatic carbocycles. The number of aryl methyl sites for hydroxylation is 1. The van der Waals surface area contributed by atoms with Crippen molar-refractivity contribution in [2.75, 3.05) is 7.05 Å². The molecule has 0 radical (unpaired) electrons. The predicted octanol–water partition coefficient (Wildman–Crippen LogP) is 3.32. The third-order valence-electron chi connectivity index (χ3n) is 3.80. The van der Waals surface area contributed by atoms with E-state index in [0.29, 0.717) is 0 Å². The van der Waals surface area contributed by atoms with Gasteiger partial charge in [0.05, 0.1) is 0 Å². The highest BCUT2D eigenvalue weighted by Crippen LogP contribution is 2.27. The highest BCUT2D eigenvalue weighted by molar-refractivity contribution is 5.22. The molecule has 2 unspecified atom stereocenters. The summed E-state index contributed by atoms with van der Waals surface area (Å²) in [5, 5.41) is 3.43. The molecule has 0 aromatic heterocycles. The summed E-state index contributed by atoms with van der Waals surface area (Å²) in [4.78, 5) is 0. The van der Waals surface area contributed by atoms with Gasteiger partial charge >= 0.3 is 0 Å². The van der Waals surface area contributed by atoms with Crippen LogP contribution in [0.15, 0.2) is 24.3 Å². The van der Waals surface area contributed by atoms with Crippen molar-refractivity contribution < 1.29 is 0 Å². The summed E-state index contributed by atoms with van der Waals surface area (Å²) in [6.07, 6.45) is 6.78. The molecule has 1 aliphatic rings. The van der Waals surface area contributed by atoms with E-state index in [0.717, 1.165) is 12.0 Å². The summed E-state index contributed by atoms with van der Waals surface area (Å²) in [5.74, 6) is 0.882. The molecule has 0 amide bonds. The van der Waals surface area contributed by atoms with Crippen molar-refractivity contribution in [1.82, 2.24) is 5.32 Å². The second-order valence-electron chi connectivity index (χ2n) is 5.21. The zero-order valence-electron chi connectivity index (χ0n) is 10.5. The van der Waals surface area contributed by atoms with Crippen LogP contribution in [0.4, 0.5) is 0 Å². The summed E-state index contributed by atoms with van der Waals surface area (Å²) in [7, 11) is 2.10. The molecule has 16 heavy (non-hydrogen) atoms. The van der Waals surface area contributed by atoms with Crippen LogP contribution >= 0.6 is 0 Å². The SMILES string of the molecule is CNC1CCCC(Cc2cccc(C)c2)C1. The third-order valence-corrected chi connectivity index (χ3v) is 3.80. The number of hydrogen-bond acceptors (Lipinski definition) is 1. The van der Waals surface area contributed by atoms with Crippen molar-refractivity contribution in [1.29, 1.82) is 0 Å². The fraction of sp³-hybridized carbons (Fsp3) is 0.600. The smallest absolute Gasteiger partial charge is 0.00668 e. The Morgan fingerprint density at radius 2 is 2.19 bits per heavy atom. The van der Waals surface area contributed by atoms with Crippen LogP contribution in [0.3, 0.4) is 0 Å². The minimum absolute atomic E-state index is 0.753. The summed E-state index contributed by atoms with van der Waals surface area (Å²) in [5.41, 5.74) is 2.90. The largest absolute Gasteiger partial charge is 0.317 e. The van der Waals surface area contributed by atoms with E-state index in [-0.39, 0.29) is 0 Å². The maximum Gasteiger partial charge on any atom is 0.00668 e. The standard InChI is InChI=1S/C15H23N/c1-12-5-3-6-13(9-12)10-14-7-4-8-15(11-14)16-2/h3,5-6,9,14-16H,4,7-8,10-11H2,1-2H3. The second-order valence-corrected chi connectivity index (χ2v) is 5.21. The molecule has 0 spiro atoms. The van der Waals surface area contributed by atoms with Gasteiger partial charge in [-0.15, -0.1) is 0 Å². The second kappa shape index (κ2) is 5.49. The number of hydrogen-bond donors (Lipinski definition) is 1. The molecule has 0 saturated heterocycles. The van der Waals surface area contributed by atoms with Crippen LogP contribution in [0.2, 0.25) is 0 Å². The van der Waals surface area contributed by atoms with E-state index in [1.54, 1.807) is 0 Å². The van der Waals surface area contributed by atoms with Crippen LogP contribution < -0.4 is 5.32 Å². The number of rotatable bonds is 3. The average Bonchev–Trinajstić information content (AvgIpc) is 2.29. The van der Waals surface area contributed by atoms with Crippen molar-refractivity contribution in [2.45, 2.75) is 45.1 Å². The van der Waals surface area contributed by atoms with Gasteiger partial charge < -0.3 is 5.32 Å². The van der Waals surface area contributed by atoms with Crippen LogP contribution in [-0.4, -0.2) is 13.1 Å². The molecule has 0 bridgehead atoms. The normalized spacial score (nSPS) is 25.6. The van der Waals surface area contributed by atoms with E-state index in [1.807, 2.05) is 0 Å². The Labute approximate surface area is 99.3 Å². The third kappa shape index (κ3) is 3.08. The summed E-state index contributed by atoms with van der Waals surface area (Å²) < 4.78 is 0. The highest BCUT2D eigenvalue weighted by atomic mass is 14.9. The monoisotopic (exact) mass is 217 g/mol. The minimum atomic E-state index is 0.753. The predicted molar refractivity (Wildman–Crippen MR) is 69.7 cm³/mol. The molecule has 1 fully saturated rings. The maximum absolute atomic E-state index is 3.43. The maximum atomic E-state index is 3.43. The van der Waals surface area contributed by atoms with Gasteiger partial charge in [0.15, 0.2) is 0 Å². The van der Waals surface area contributed by atoms with Gasteiger partial charge in [-0.1, -0.05) is 42.7 Å². The van der Waals surface area contributed by atoms with Crippen molar-refractivity contribution >= 4 is 0 Å². The van der Waals surface area contributed by atoms with Gasteiger partial charge in [0.1, 0.15) is 0 Å². The van der Waals surface area contributed by atoms with Crippen LogP contribution in [0, 0.1) is 12.8 Å². The minimum Gasteiger partial charge on any atom is -0.317 e. The lowest BCUT2D eigenvalue weighted by molar-refractivity contribution is 0.294. The highest BCUT2D eigenvalue weighted by Gasteiger charge is 2.20. The van der Waals surface area contributed by atoms with Gasteiger partial charge in [0, 0.05) is 6.04 Å². The first-order valence-corrected chi connectivity index (χ1v) is 6.50. The van der Waals surface area contributed by atoms with Gasteiger partial charge in [0.25, 0.3) is 0 Å². The molecule has 0 heterocycles. The molecule has 1 aromatic rings. The molecule has 2 atom stereocenters. The molecule has 0 aliphatic heterocycles. The van der Waals surface area contributed by atoms with Crippen molar-refractivity contribution in [3.63, 3.8) is 0 Å². The van der Waals surface area contributed by atoms with E-state index in [1.165, 1.54) is 43.2 Å². The number of nitrogens with one attached hydrogen (secondary N) is 1. The lowest BCUT2D eigenvalue weighted by Crippen LogP contribution is -2.31. The van der Waals surface area contributed by atoms with Crippen LogP contribution in [0.5, 0.6) is 0 Å². The van der Waals surface area contributed by atoms with Gasteiger partial charge in [-0.25, -0.2) is 0 Å². The molecule has 1 nitrogen and oxygen atoms in total. The van der Waals surface area contributed by atoms with Crippen LogP contribution in [0.25, 0.3) is 0 Å². The topological polar surface area (TPSA) is 12.0 Å². The Morgan fingerprint density at radius 3 is 2.94 bits per heavy atom. The first-order chi connectivity index (χ1) is 7.78. The molecule has 1 heteroatoms. The van der Waals surface area contributed by atoms with E-state index in [9.17, 15) is 0 Å².